The summed E-state index contributed by atoms with van der Waals surface area (Å²) in [6, 6.07) is 11.5. The molecule has 138 valence electrons. The molecule has 2 aromatic carbocycles. The van der Waals surface area contributed by atoms with Crippen molar-refractivity contribution in [2.24, 2.45) is 0 Å². The van der Waals surface area contributed by atoms with Gasteiger partial charge in [0.15, 0.2) is 0 Å². The van der Waals surface area contributed by atoms with Crippen LogP contribution in [0.3, 0.4) is 0 Å². The molecule has 0 aromatic heterocycles. The molecule has 0 atom stereocenters. The van der Waals surface area contributed by atoms with Crippen LogP contribution in [0.4, 0.5) is 0 Å². The van der Waals surface area contributed by atoms with Gasteiger partial charge in [0, 0.05) is 10.6 Å². The van der Waals surface area contributed by atoms with Gasteiger partial charge >= 0.3 is 11.9 Å². The van der Waals surface area contributed by atoms with Gasteiger partial charge in [0.1, 0.15) is 12.4 Å². The van der Waals surface area contributed by atoms with Gasteiger partial charge in [-0.1, -0.05) is 43.1 Å². The van der Waals surface area contributed by atoms with Crippen molar-refractivity contribution in [1.82, 2.24) is 0 Å². The standard InChI is InChI=1S/C20H21ClO5/c1-3-4-11-25-19(22)16-7-5-6-8-17(16)20(23)26-13-14-9-10-15(21)12-18(14)24-2/h5-10,12H,3-4,11,13H2,1-2H3. The van der Waals surface area contributed by atoms with Crippen LogP contribution in [0.25, 0.3) is 0 Å². The van der Waals surface area contributed by atoms with Gasteiger partial charge in [-0.05, 0) is 30.7 Å². The molecule has 0 N–H and O–H groups in total. The van der Waals surface area contributed by atoms with Crippen LogP contribution >= 0.6 is 11.6 Å². The topological polar surface area (TPSA) is 61.8 Å². The maximum atomic E-state index is 12.4. The van der Waals surface area contributed by atoms with Crippen LogP contribution in [0.15, 0.2) is 42.5 Å². The summed E-state index contributed by atoms with van der Waals surface area (Å²) in [5, 5.41) is 0.525. The molecular formula is C20H21ClO5. The molecular weight excluding hydrogens is 356 g/mol. The molecule has 0 amide bonds. The summed E-state index contributed by atoms with van der Waals surface area (Å²) in [7, 11) is 1.51. The Balaban J connectivity index is 2.09. The quantitative estimate of drug-likeness (QED) is 0.495. The van der Waals surface area contributed by atoms with Crippen LogP contribution in [-0.2, 0) is 16.1 Å². The molecule has 0 saturated carbocycles. The predicted octanol–water partition coefficient (Wildman–Crippen LogP) is 4.66. The number of benzene rings is 2. The van der Waals surface area contributed by atoms with Crippen molar-refractivity contribution < 1.29 is 23.8 Å². The number of methoxy groups -OCH3 is 1. The Labute approximate surface area is 157 Å². The summed E-state index contributed by atoms with van der Waals surface area (Å²) in [6.07, 6.45) is 1.69. The number of rotatable bonds is 8. The molecule has 0 heterocycles. The van der Waals surface area contributed by atoms with Crippen LogP contribution < -0.4 is 4.74 Å². The van der Waals surface area contributed by atoms with Gasteiger partial charge in [-0.3, -0.25) is 0 Å². The molecule has 0 radical (unpaired) electrons. The first kappa shape index (κ1) is 19.8. The first-order chi connectivity index (χ1) is 12.6. The molecule has 0 bridgehead atoms. The summed E-state index contributed by atoms with van der Waals surface area (Å²) < 4.78 is 15.8. The average molecular weight is 377 g/mol. The van der Waals surface area contributed by atoms with E-state index in [4.69, 9.17) is 25.8 Å². The van der Waals surface area contributed by atoms with Gasteiger partial charge in [-0.25, -0.2) is 9.59 Å². The average Bonchev–Trinajstić information content (AvgIpc) is 2.66. The van der Waals surface area contributed by atoms with E-state index >= 15 is 0 Å². The highest BCUT2D eigenvalue weighted by Crippen LogP contribution is 2.24. The predicted molar refractivity (Wildman–Crippen MR) is 98.8 cm³/mol. The van der Waals surface area contributed by atoms with Crippen LogP contribution in [-0.4, -0.2) is 25.7 Å². The van der Waals surface area contributed by atoms with Crippen molar-refractivity contribution in [3.8, 4) is 5.75 Å². The van der Waals surface area contributed by atoms with E-state index in [1.54, 1.807) is 36.4 Å². The van der Waals surface area contributed by atoms with Crippen molar-refractivity contribution in [1.29, 1.82) is 0 Å². The summed E-state index contributed by atoms with van der Waals surface area (Å²) in [5.74, 6) is -0.613. The minimum atomic E-state index is -0.606. The Hall–Kier alpha value is -2.53. The van der Waals surface area contributed by atoms with Crippen LogP contribution in [0.1, 0.15) is 46.0 Å². The van der Waals surface area contributed by atoms with Crippen molar-refractivity contribution in [2.45, 2.75) is 26.4 Å². The smallest absolute Gasteiger partial charge is 0.339 e. The second-order valence-electron chi connectivity index (χ2n) is 5.57. The maximum Gasteiger partial charge on any atom is 0.339 e. The van der Waals surface area contributed by atoms with Gasteiger partial charge in [0.25, 0.3) is 0 Å². The largest absolute Gasteiger partial charge is 0.496 e. The SMILES string of the molecule is CCCCOC(=O)c1ccccc1C(=O)OCc1ccc(Cl)cc1OC. The zero-order valence-electron chi connectivity index (χ0n) is 14.8. The second-order valence-corrected chi connectivity index (χ2v) is 6.00. The third kappa shape index (κ3) is 5.23. The Morgan fingerprint density at radius 1 is 1.00 bits per heavy atom. The summed E-state index contributed by atoms with van der Waals surface area (Å²) >= 11 is 5.92. The Morgan fingerprint density at radius 3 is 2.27 bits per heavy atom. The number of esters is 2. The number of unbranched alkanes of at least 4 members (excludes halogenated alkanes) is 1. The highest BCUT2D eigenvalue weighted by atomic mass is 35.5. The molecule has 2 rings (SSSR count). The summed E-state index contributed by atoms with van der Waals surface area (Å²) in [5.41, 5.74) is 1.03. The zero-order valence-corrected chi connectivity index (χ0v) is 15.5. The van der Waals surface area contributed by atoms with Gasteiger partial charge in [-0.15, -0.1) is 0 Å². The van der Waals surface area contributed by atoms with E-state index in [0.717, 1.165) is 12.8 Å². The number of halogens is 1. The minimum Gasteiger partial charge on any atom is -0.496 e. The third-order valence-corrected chi connectivity index (χ3v) is 3.94. The molecule has 0 fully saturated rings. The van der Waals surface area contributed by atoms with Gasteiger partial charge in [-0.2, -0.15) is 0 Å². The monoisotopic (exact) mass is 376 g/mol. The molecule has 2 aromatic rings. The van der Waals surface area contributed by atoms with E-state index in [2.05, 4.69) is 0 Å². The number of hydrogen-bond donors (Lipinski definition) is 0. The highest BCUT2D eigenvalue weighted by Gasteiger charge is 2.19. The molecule has 0 spiro atoms. The van der Waals surface area contributed by atoms with Gasteiger partial charge in [0.2, 0.25) is 0 Å². The lowest BCUT2D eigenvalue weighted by Gasteiger charge is -2.11. The van der Waals surface area contributed by atoms with Crippen molar-refractivity contribution >= 4 is 23.5 Å². The first-order valence-corrected chi connectivity index (χ1v) is 8.70. The van der Waals surface area contributed by atoms with Crippen LogP contribution in [0, 0.1) is 0 Å². The maximum absolute atomic E-state index is 12.4. The lowest BCUT2D eigenvalue weighted by atomic mass is 10.1. The fourth-order valence-electron chi connectivity index (χ4n) is 2.28. The van der Waals surface area contributed by atoms with Gasteiger partial charge in [0.05, 0.1) is 24.8 Å². The van der Waals surface area contributed by atoms with E-state index in [-0.39, 0.29) is 17.7 Å². The first-order valence-electron chi connectivity index (χ1n) is 8.32. The molecule has 0 aliphatic rings. The van der Waals surface area contributed by atoms with Crippen LogP contribution in [0.5, 0.6) is 5.75 Å². The second kappa shape index (κ2) is 9.82. The van der Waals surface area contributed by atoms with Gasteiger partial charge < -0.3 is 14.2 Å². The molecule has 6 heteroatoms. The molecule has 26 heavy (non-hydrogen) atoms. The van der Waals surface area contributed by atoms with E-state index in [1.165, 1.54) is 13.2 Å². The number of ether oxygens (including phenoxy) is 3. The van der Waals surface area contributed by atoms with E-state index in [0.29, 0.717) is 22.9 Å². The van der Waals surface area contributed by atoms with E-state index in [1.807, 2.05) is 6.92 Å². The Morgan fingerprint density at radius 2 is 1.65 bits per heavy atom. The van der Waals surface area contributed by atoms with Crippen LogP contribution in [0.2, 0.25) is 5.02 Å². The number of hydrogen-bond acceptors (Lipinski definition) is 5. The lowest BCUT2D eigenvalue weighted by molar-refractivity contribution is 0.0435. The number of carbonyl (C=O) groups is 2. The molecule has 0 aliphatic heterocycles. The van der Waals surface area contributed by atoms with Crippen molar-refractivity contribution in [3.63, 3.8) is 0 Å². The van der Waals surface area contributed by atoms with Crippen molar-refractivity contribution in [3.05, 3.63) is 64.2 Å². The third-order valence-electron chi connectivity index (χ3n) is 3.71. The Bertz CT molecular complexity index is 773. The van der Waals surface area contributed by atoms with Crippen molar-refractivity contribution in [2.75, 3.05) is 13.7 Å². The van der Waals surface area contributed by atoms with E-state index in [9.17, 15) is 9.59 Å². The minimum absolute atomic E-state index is 0.00160. The molecule has 5 nitrogen and oxygen atoms in total. The zero-order chi connectivity index (χ0) is 18.9. The molecule has 0 unspecified atom stereocenters. The molecule has 0 saturated heterocycles. The highest BCUT2D eigenvalue weighted by molar-refractivity contribution is 6.30. The fraction of sp³-hybridized carbons (Fsp3) is 0.300. The summed E-state index contributed by atoms with van der Waals surface area (Å²) in [4.78, 5) is 24.6. The summed E-state index contributed by atoms with van der Waals surface area (Å²) in [6.45, 7) is 2.32. The number of carbonyl (C=O) groups excluding carboxylic acids is 2. The fourth-order valence-corrected chi connectivity index (χ4v) is 2.45. The molecule has 0 aliphatic carbocycles. The lowest BCUT2D eigenvalue weighted by Crippen LogP contribution is -2.14. The normalized spacial score (nSPS) is 10.3. The Kier molecular flexibility index (Phi) is 7.48. The van der Waals surface area contributed by atoms with E-state index < -0.39 is 11.9 Å².